The Morgan fingerprint density at radius 2 is 1.97 bits per heavy atom. The average Bonchev–Trinajstić information content (AvgIpc) is 3.42. The zero-order valence-corrected chi connectivity index (χ0v) is 19.2. The van der Waals surface area contributed by atoms with Crippen LogP contribution in [-0.2, 0) is 9.84 Å². The number of carbonyl (C=O) groups is 1. The van der Waals surface area contributed by atoms with E-state index >= 15 is 0 Å². The highest BCUT2D eigenvalue weighted by molar-refractivity contribution is 7.91. The molecular weight excluding hydrogens is 432 g/mol. The summed E-state index contributed by atoms with van der Waals surface area (Å²) in [6.07, 6.45) is 4.89. The molecule has 0 N–H and O–H groups in total. The second-order valence-corrected chi connectivity index (χ2v) is 11.7. The normalized spacial score (nSPS) is 21.5. The van der Waals surface area contributed by atoms with Gasteiger partial charge in [0.1, 0.15) is 0 Å². The van der Waals surface area contributed by atoms with E-state index in [9.17, 15) is 13.2 Å². The number of aromatic nitrogens is 3. The molecule has 0 aromatic carbocycles. The Bertz CT molecular complexity index is 1220. The van der Waals surface area contributed by atoms with Crippen LogP contribution in [0.1, 0.15) is 54.2 Å². The summed E-state index contributed by atoms with van der Waals surface area (Å²) in [6, 6.07) is 5.61. The van der Waals surface area contributed by atoms with Crippen molar-refractivity contribution in [3.63, 3.8) is 0 Å². The molecule has 5 rings (SSSR count). The molecule has 31 heavy (non-hydrogen) atoms. The molecule has 0 aliphatic carbocycles. The molecule has 2 aliphatic heterocycles. The van der Waals surface area contributed by atoms with Crippen LogP contribution in [0.4, 0.5) is 0 Å². The number of hydrogen-bond donors (Lipinski definition) is 0. The van der Waals surface area contributed by atoms with Gasteiger partial charge in [0, 0.05) is 13.1 Å². The molecule has 0 saturated carbocycles. The van der Waals surface area contributed by atoms with E-state index in [0.29, 0.717) is 17.6 Å². The minimum atomic E-state index is -3.07. The van der Waals surface area contributed by atoms with Crippen LogP contribution in [-0.4, -0.2) is 58.6 Å². The maximum Gasteiger partial charge on any atom is 0.254 e. The van der Waals surface area contributed by atoms with Crippen LogP contribution in [0.25, 0.3) is 21.6 Å². The summed E-state index contributed by atoms with van der Waals surface area (Å²) in [5.41, 5.74) is 2.70. The molecule has 5 heterocycles. The smallest absolute Gasteiger partial charge is 0.254 e. The first-order valence-corrected chi connectivity index (χ1v) is 13.6. The van der Waals surface area contributed by atoms with E-state index in [1.807, 2.05) is 35.4 Å². The molecule has 1 amide bonds. The SMILES string of the molecule is Cc1nn([C@H]2CCS(=O)(=O)C2)c2nc(-c3cccs3)cc(C(=O)N3CCCCCC3)c12. The second kappa shape index (κ2) is 8.02. The second-order valence-electron chi connectivity index (χ2n) is 8.52. The van der Waals surface area contributed by atoms with Crippen LogP contribution in [0.5, 0.6) is 0 Å². The lowest BCUT2D eigenvalue weighted by Gasteiger charge is -2.21. The van der Waals surface area contributed by atoms with Gasteiger partial charge in [-0.15, -0.1) is 11.3 Å². The van der Waals surface area contributed by atoms with Crippen molar-refractivity contribution >= 4 is 38.1 Å². The zero-order valence-electron chi connectivity index (χ0n) is 17.6. The molecule has 0 bridgehead atoms. The molecule has 0 unspecified atom stereocenters. The van der Waals surface area contributed by atoms with Gasteiger partial charge in [-0.25, -0.2) is 18.1 Å². The molecule has 3 aromatic heterocycles. The van der Waals surface area contributed by atoms with Gasteiger partial charge in [-0.1, -0.05) is 18.9 Å². The number of thiophene rings is 1. The van der Waals surface area contributed by atoms with Gasteiger partial charge in [0.15, 0.2) is 15.5 Å². The molecular formula is C22H26N4O3S2. The van der Waals surface area contributed by atoms with Crippen molar-refractivity contribution in [2.45, 2.75) is 45.1 Å². The summed E-state index contributed by atoms with van der Waals surface area (Å²) < 4.78 is 26.0. The molecule has 1 atom stereocenters. The molecule has 7 nitrogen and oxygen atoms in total. The predicted molar refractivity (Wildman–Crippen MR) is 122 cm³/mol. The largest absolute Gasteiger partial charge is 0.339 e. The lowest BCUT2D eigenvalue weighted by Crippen LogP contribution is -2.32. The summed E-state index contributed by atoms with van der Waals surface area (Å²) in [5, 5.41) is 7.43. The third-order valence-electron chi connectivity index (χ3n) is 6.29. The van der Waals surface area contributed by atoms with Gasteiger partial charge in [-0.3, -0.25) is 4.79 Å². The van der Waals surface area contributed by atoms with E-state index in [4.69, 9.17) is 4.98 Å². The van der Waals surface area contributed by atoms with E-state index in [1.54, 1.807) is 16.0 Å². The van der Waals surface area contributed by atoms with Crippen molar-refractivity contribution in [1.29, 1.82) is 0 Å². The van der Waals surface area contributed by atoms with Gasteiger partial charge in [0.05, 0.1) is 44.8 Å². The molecule has 9 heteroatoms. The number of pyridine rings is 1. The Balaban J connectivity index is 1.68. The van der Waals surface area contributed by atoms with Crippen LogP contribution in [0.15, 0.2) is 23.6 Å². The quantitative estimate of drug-likeness (QED) is 0.595. The Morgan fingerprint density at radius 3 is 2.61 bits per heavy atom. The van der Waals surface area contributed by atoms with Gasteiger partial charge in [-0.2, -0.15) is 5.10 Å². The Hall–Kier alpha value is -2.26. The third-order valence-corrected chi connectivity index (χ3v) is 8.93. The van der Waals surface area contributed by atoms with Gasteiger partial charge in [-0.05, 0) is 43.7 Å². The van der Waals surface area contributed by atoms with Gasteiger partial charge >= 0.3 is 0 Å². The fourth-order valence-electron chi connectivity index (χ4n) is 4.70. The summed E-state index contributed by atoms with van der Waals surface area (Å²) in [4.78, 5) is 21.5. The van der Waals surface area contributed by atoms with Crippen LogP contribution in [0.3, 0.4) is 0 Å². The highest BCUT2D eigenvalue weighted by Crippen LogP contribution is 2.34. The molecule has 0 spiro atoms. The minimum absolute atomic E-state index is 0.0220. The van der Waals surface area contributed by atoms with Crippen molar-refractivity contribution in [3.05, 3.63) is 34.8 Å². The number of amides is 1. The summed E-state index contributed by atoms with van der Waals surface area (Å²) in [5.74, 6) is 0.264. The predicted octanol–water partition coefficient (Wildman–Crippen LogP) is 3.84. The number of aryl methyl sites for hydroxylation is 1. The fourth-order valence-corrected chi connectivity index (χ4v) is 7.08. The van der Waals surface area contributed by atoms with Crippen LogP contribution >= 0.6 is 11.3 Å². The van der Waals surface area contributed by atoms with Crippen molar-refractivity contribution in [2.24, 2.45) is 0 Å². The van der Waals surface area contributed by atoms with Crippen LogP contribution in [0.2, 0.25) is 0 Å². The number of likely N-dealkylation sites (tertiary alicyclic amines) is 1. The van der Waals surface area contributed by atoms with Gasteiger partial charge in [0.25, 0.3) is 5.91 Å². The van der Waals surface area contributed by atoms with Crippen LogP contribution < -0.4 is 0 Å². The highest BCUT2D eigenvalue weighted by atomic mass is 32.2. The minimum Gasteiger partial charge on any atom is -0.339 e. The standard InChI is InChI=1S/C22H26N4O3S2/c1-15-20-17(22(27)25-9-4-2-3-5-10-25)13-18(19-7-6-11-30-19)23-21(20)26(24-15)16-8-12-31(28,29)14-16/h6-7,11,13,16H,2-5,8-10,12,14H2,1H3/t16-/m0/s1. The number of sulfone groups is 1. The Morgan fingerprint density at radius 1 is 1.19 bits per heavy atom. The van der Waals surface area contributed by atoms with Crippen LogP contribution in [0, 0.1) is 6.92 Å². The number of rotatable bonds is 3. The molecule has 2 aliphatic rings. The molecule has 164 valence electrons. The maximum atomic E-state index is 13.6. The third kappa shape index (κ3) is 3.89. The van der Waals surface area contributed by atoms with E-state index in [0.717, 1.165) is 60.4 Å². The first-order chi connectivity index (χ1) is 14.9. The molecule has 3 aromatic rings. The van der Waals surface area contributed by atoms with Gasteiger partial charge in [0.2, 0.25) is 0 Å². The monoisotopic (exact) mass is 458 g/mol. The van der Waals surface area contributed by atoms with E-state index in [1.165, 1.54) is 0 Å². The Kier molecular flexibility index (Phi) is 5.34. The summed E-state index contributed by atoms with van der Waals surface area (Å²) in [6.45, 7) is 3.42. The van der Waals surface area contributed by atoms with E-state index in [-0.39, 0.29) is 23.5 Å². The maximum absolute atomic E-state index is 13.6. The summed E-state index contributed by atoms with van der Waals surface area (Å²) in [7, 11) is -3.07. The first-order valence-electron chi connectivity index (χ1n) is 10.9. The zero-order chi connectivity index (χ0) is 21.6. The van der Waals surface area contributed by atoms with Crippen molar-refractivity contribution in [2.75, 3.05) is 24.6 Å². The topological polar surface area (TPSA) is 85.2 Å². The number of hydrogen-bond acceptors (Lipinski definition) is 6. The van der Waals surface area contributed by atoms with E-state index in [2.05, 4.69) is 5.10 Å². The Labute approximate surface area is 186 Å². The lowest BCUT2D eigenvalue weighted by atomic mass is 10.1. The molecule has 0 radical (unpaired) electrons. The van der Waals surface area contributed by atoms with Gasteiger partial charge < -0.3 is 4.90 Å². The lowest BCUT2D eigenvalue weighted by molar-refractivity contribution is 0.0763. The number of fused-ring (bicyclic) bond motifs is 1. The van der Waals surface area contributed by atoms with Crippen molar-refractivity contribution in [3.8, 4) is 10.6 Å². The molecule has 2 saturated heterocycles. The average molecular weight is 459 g/mol. The molecule has 2 fully saturated rings. The van der Waals surface area contributed by atoms with Crippen molar-refractivity contribution in [1.82, 2.24) is 19.7 Å². The van der Waals surface area contributed by atoms with E-state index < -0.39 is 9.84 Å². The highest BCUT2D eigenvalue weighted by Gasteiger charge is 2.33. The number of carbonyl (C=O) groups excluding carboxylic acids is 1. The fraction of sp³-hybridized carbons (Fsp3) is 0.500. The van der Waals surface area contributed by atoms with Crippen molar-refractivity contribution < 1.29 is 13.2 Å². The first kappa shape index (κ1) is 20.6. The number of nitrogens with zero attached hydrogens (tertiary/aromatic N) is 4. The summed E-state index contributed by atoms with van der Waals surface area (Å²) >= 11 is 1.58.